The first-order valence-electron chi connectivity index (χ1n) is 6.60. The van der Waals surface area contributed by atoms with Crippen LogP contribution in [0.25, 0.3) is 0 Å². The Balaban J connectivity index is 2.09. The van der Waals surface area contributed by atoms with E-state index in [0.717, 1.165) is 25.7 Å². The molecule has 1 amide bonds. The van der Waals surface area contributed by atoms with Crippen molar-refractivity contribution in [2.45, 2.75) is 38.1 Å². The molecule has 1 fully saturated rings. The fourth-order valence-corrected chi connectivity index (χ4v) is 3.01. The van der Waals surface area contributed by atoms with E-state index in [1.807, 2.05) is 0 Å². The summed E-state index contributed by atoms with van der Waals surface area (Å²) in [5, 5.41) is 12.7. The number of rotatable bonds is 3. The van der Waals surface area contributed by atoms with Crippen LogP contribution in [0.2, 0.25) is 0 Å². The van der Waals surface area contributed by atoms with Gasteiger partial charge in [-0.2, -0.15) is 0 Å². The van der Waals surface area contributed by atoms with E-state index in [0.29, 0.717) is 16.1 Å². The number of nitrogens with zero attached hydrogens (tertiary/aromatic N) is 1. The molecule has 2 atom stereocenters. The molecule has 0 radical (unpaired) electrons. The van der Waals surface area contributed by atoms with Gasteiger partial charge in [-0.1, -0.05) is 19.8 Å². The zero-order chi connectivity index (χ0) is 13.9. The molecule has 19 heavy (non-hydrogen) atoms. The summed E-state index contributed by atoms with van der Waals surface area (Å²) in [7, 11) is 0. The minimum absolute atomic E-state index is 0.00691. The average molecular weight is 327 g/mol. The Morgan fingerprint density at radius 3 is 3.00 bits per heavy atom. The van der Waals surface area contributed by atoms with Gasteiger partial charge in [-0.3, -0.25) is 4.79 Å². The molecular weight excluding hydrogens is 308 g/mol. The van der Waals surface area contributed by atoms with Gasteiger partial charge in [0.1, 0.15) is 4.60 Å². The maximum Gasteiger partial charge on any atom is 0.253 e. The number of nitrogens with one attached hydrogen (secondary N) is 1. The second-order valence-electron chi connectivity index (χ2n) is 5.46. The highest BCUT2D eigenvalue weighted by molar-refractivity contribution is 9.10. The topological polar surface area (TPSA) is 62.2 Å². The Morgan fingerprint density at radius 1 is 1.63 bits per heavy atom. The molecule has 5 heteroatoms. The standard InChI is InChI=1S/C14H19BrN2O2/c1-10-3-2-6-14(7-10,9-18)17-13(19)11-4-5-12(15)16-8-11/h4-5,8,10,18H,2-3,6-7,9H2,1H3,(H,17,19). The number of aromatic nitrogens is 1. The van der Waals surface area contributed by atoms with E-state index in [2.05, 4.69) is 33.2 Å². The van der Waals surface area contributed by atoms with Crippen LogP contribution >= 0.6 is 15.9 Å². The maximum atomic E-state index is 12.2. The highest BCUT2D eigenvalue weighted by Gasteiger charge is 2.35. The van der Waals surface area contributed by atoms with Gasteiger partial charge in [0.15, 0.2) is 0 Å². The predicted octanol–water partition coefficient (Wildman–Crippen LogP) is 2.52. The molecule has 1 aromatic rings. The van der Waals surface area contributed by atoms with E-state index >= 15 is 0 Å². The van der Waals surface area contributed by atoms with Crippen LogP contribution in [0.1, 0.15) is 43.0 Å². The Labute approximate surface area is 121 Å². The molecule has 2 N–H and O–H groups in total. The number of hydrogen-bond acceptors (Lipinski definition) is 3. The first kappa shape index (κ1) is 14.5. The Hall–Kier alpha value is -0.940. The highest BCUT2D eigenvalue weighted by Crippen LogP contribution is 2.32. The van der Waals surface area contributed by atoms with E-state index in [-0.39, 0.29) is 12.5 Å². The van der Waals surface area contributed by atoms with E-state index in [1.54, 1.807) is 12.1 Å². The lowest BCUT2D eigenvalue weighted by molar-refractivity contribution is 0.0696. The van der Waals surface area contributed by atoms with Crippen LogP contribution in [-0.4, -0.2) is 28.1 Å². The fraction of sp³-hybridized carbons (Fsp3) is 0.571. The first-order valence-corrected chi connectivity index (χ1v) is 7.39. The van der Waals surface area contributed by atoms with Crippen molar-refractivity contribution in [2.75, 3.05) is 6.61 Å². The summed E-state index contributed by atoms with van der Waals surface area (Å²) in [5.41, 5.74) is 0.0520. The van der Waals surface area contributed by atoms with E-state index < -0.39 is 5.54 Å². The third kappa shape index (κ3) is 3.54. The molecule has 104 valence electrons. The average Bonchev–Trinajstić information content (AvgIpc) is 2.39. The van der Waals surface area contributed by atoms with E-state index in [4.69, 9.17) is 0 Å². The quantitative estimate of drug-likeness (QED) is 0.839. The molecule has 0 spiro atoms. The summed E-state index contributed by atoms with van der Waals surface area (Å²) in [6, 6.07) is 3.47. The van der Waals surface area contributed by atoms with Gasteiger partial charge < -0.3 is 10.4 Å². The second kappa shape index (κ2) is 6.01. The van der Waals surface area contributed by atoms with Crippen molar-refractivity contribution in [3.05, 3.63) is 28.5 Å². The second-order valence-corrected chi connectivity index (χ2v) is 6.28. The lowest BCUT2D eigenvalue weighted by Gasteiger charge is -2.39. The van der Waals surface area contributed by atoms with Gasteiger partial charge in [-0.05, 0) is 46.8 Å². The van der Waals surface area contributed by atoms with E-state index in [9.17, 15) is 9.90 Å². The molecule has 0 saturated heterocycles. The molecule has 0 aromatic carbocycles. The smallest absolute Gasteiger partial charge is 0.253 e. The summed E-state index contributed by atoms with van der Waals surface area (Å²) in [5.74, 6) is 0.368. The Bertz CT molecular complexity index is 449. The monoisotopic (exact) mass is 326 g/mol. The molecule has 0 bridgehead atoms. The number of carbonyl (C=O) groups is 1. The summed E-state index contributed by atoms with van der Waals surface area (Å²) in [6.45, 7) is 2.16. The molecule has 1 aromatic heterocycles. The number of halogens is 1. The summed E-state index contributed by atoms with van der Waals surface area (Å²) in [6.07, 6.45) is 5.41. The van der Waals surface area contributed by atoms with Gasteiger partial charge in [-0.25, -0.2) is 4.98 Å². The highest BCUT2D eigenvalue weighted by atomic mass is 79.9. The molecule has 2 rings (SSSR count). The van der Waals surface area contributed by atoms with Crippen LogP contribution < -0.4 is 5.32 Å². The van der Waals surface area contributed by atoms with Crippen molar-refractivity contribution in [2.24, 2.45) is 5.92 Å². The normalized spacial score (nSPS) is 27.0. The van der Waals surface area contributed by atoms with Crippen LogP contribution in [0.5, 0.6) is 0 Å². The van der Waals surface area contributed by atoms with Crippen molar-refractivity contribution in [3.63, 3.8) is 0 Å². The lowest BCUT2D eigenvalue weighted by atomic mass is 9.76. The third-order valence-corrected chi connectivity index (χ3v) is 4.23. The lowest BCUT2D eigenvalue weighted by Crippen LogP contribution is -2.53. The third-order valence-electron chi connectivity index (χ3n) is 3.76. The van der Waals surface area contributed by atoms with Crippen molar-refractivity contribution in [3.8, 4) is 0 Å². The van der Waals surface area contributed by atoms with Crippen LogP contribution in [0.4, 0.5) is 0 Å². The van der Waals surface area contributed by atoms with Crippen LogP contribution in [-0.2, 0) is 0 Å². The van der Waals surface area contributed by atoms with Gasteiger partial charge in [0.05, 0.1) is 17.7 Å². The van der Waals surface area contributed by atoms with Crippen molar-refractivity contribution >= 4 is 21.8 Å². The number of hydrogen-bond donors (Lipinski definition) is 2. The molecule has 0 aliphatic heterocycles. The molecular formula is C14H19BrN2O2. The minimum Gasteiger partial charge on any atom is -0.394 e. The number of carbonyl (C=O) groups excluding carboxylic acids is 1. The largest absolute Gasteiger partial charge is 0.394 e. The first-order chi connectivity index (χ1) is 9.04. The van der Waals surface area contributed by atoms with E-state index in [1.165, 1.54) is 6.20 Å². The van der Waals surface area contributed by atoms with Crippen LogP contribution in [0.3, 0.4) is 0 Å². The summed E-state index contributed by atoms with van der Waals surface area (Å²) in [4.78, 5) is 16.3. The SMILES string of the molecule is CC1CCCC(CO)(NC(=O)c2ccc(Br)nc2)C1. The molecule has 1 saturated carbocycles. The zero-order valence-corrected chi connectivity index (χ0v) is 12.6. The summed E-state index contributed by atoms with van der Waals surface area (Å²) >= 11 is 3.24. The molecule has 2 unspecified atom stereocenters. The molecule has 1 heterocycles. The van der Waals surface area contributed by atoms with Crippen LogP contribution in [0, 0.1) is 5.92 Å². The van der Waals surface area contributed by atoms with Gasteiger partial charge in [0, 0.05) is 6.20 Å². The number of pyridine rings is 1. The van der Waals surface area contributed by atoms with Crippen molar-refractivity contribution in [1.29, 1.82) is 0 Å². The van der Waals surface area contributed by atoms with Gasteiger partial charge in [-0.15, -0.1) is 0 Å². The van der Waals surface area contributed by atoms with Crippen LogP contribution in [0.15, 0.2) is 22.9 Å². The minimum atomic E-state index is -0.470. The molecule has 1 aliphatic rings. The Morgan fingerprint density at radius 2 is 2.42 bits per heavy atom. The van der Waals surface area contributed by atoms with Gasteiger partial charge in [0.2, 0.25) is 0 Å². The summed E-state index contributed by atoms with van der Waals surface area (Å²) < 4.78 is 0.701. The number of amides is 1. The van der Waals surface area contributed by atoms with Crippen molar-refractivity contribution < 1.29 is 9.90 Å². The number of aliphatic hydroxyl groups is 1. The Kier molecular flexibility index (Phi) is 4.58. The zero-order valence-electron chi connectivity index (χ0n) is 11.0. The van der Waals surface area contributed by atoms with Gasteiger partial charge >= 0.3 is 0 Å². The molecule has 4 nitrogen and oxygen atoms in total. The predicted molar refractivity (Wildman–Crippen MR) is 76.9 cm³/mol. The maximum absolute atomic E-state index is 12.2. The van der Waals surface area contributed by atoms with Crippen molar-refractivity contribution in [1.82, 2.24) is 10.3 Å². The number of aliphatic hydroxyl groups excluding tert-OH is 1. The fourth-order valence-electron chi connectivity index (χ4n) is 2.78. The molecule has 1 aliphatic carbocycles. The van der Waals surface area contributed by atoms with Gasteiger partial charge in [0.25, 0.3) is 5.91 Å².